The zero-order valence-corrected chi connectivity index (χ0v) is 18.0. The number of hydrogen-bond acceptors (Lipinski definition) is 4. The highest BCUT2D eigenvalue weighted by atomic mass is 32.2. The van der Waals surface area contributed by atoms with Crippen molar-refractivity contribution in [2.75, 3.05) is 11.1 Å². The lowest BCUT2D eigenvalue weighted by Crippen LogP contribution is -2.24. The molecule has 29 heavy (non-hydrogen) atoms. The summed E-state index contributed by atoms with van der Waals surface area (Å²) in [5, 5.41) is 4.22. The van der Waals surface area contributed by atoms with Crippen molar-refractivity contribution in [3.63, 3.8) is 0 Å². The number of rotatable bonds is 8. The van der Waals surface area contributed by atoms with Crippen molar-refractivity contribution >= 4 is 34.3 Å². The van der Waals surface area contributed by atoms with Crippen LogP contribution in [0.4, 0.5) is 5.69 Å². The third-order valence-corrected chi connectivity index (χ3v) is 5.96. The predicted molar refractivity (Wildman–Crippen MR) is 121 cm³/mol. The van der Waals surface area contributed by atoms with Gasteiger partial charge in [0.2, 0.25) is 5.91 Å². The van der Waals surface area contributed by atoms with Crippen LogP contribution in [-0.4, -0.2) is 21.2 Å². The van der Waals surface area contributed by atoms with Crippen molar-refractivity contribution < 1.29 is 4.79 Å². The largest absolute Gasteiger partial charge is 0.325 e. The Balaban J connectivity index is 1.80. The van der Waals surface area contributed by atoms with Gasteiger partial charge in [-0.25, -0.2) is 4.98 Å². The smallest absolute Gasteiger partial charge is 0.262 e. The van der Waals surface area contributed by atoms with Crippen molar-refractivity contribution in [3.05, 3.63) is 64.4 Å². The summed E-state index contributed by atoms with van der Waals surface area (Å²) in [6, 6.07) is 15.3. The van der Waals surface area contributed by atoms with E-state index in [4.69, 9.17) is 0 Å². The fourth-order valence-corrected chi connectivity index (χ4v) is 4.08. The number of hydrogen-bond donors (Lipinski definition) is 1. The molecule has 1 atom stereocenters. The van der Waals surface area contributed by atoms with E-state index in [1.807, 2.05) is 43.3 Å². The van der Waals surface area contributed by atoms with Gasteiger partial charge in [-0.05, 0) is 42.5 Å². The van der Waals surface area contributed by atoms with Crippen molar-refractivity contribution in [3.8, 4) is 0 Å². The van der Waals surface area contributed by atoms with E-state index < -0.39 is 0 Å². The van der Waals surface area contributed by atoms with Crippen LogP contribution in [-0.2, 0) is 11.3 Å². The third kappa shape index (κ3) is 4.88. The van der Waals surface area contributed by atoms with Crippen LogP contribution in [0.3, 0.4) is 0 Å². The van der Waals surface area contributed by atoms with E-state index in [1.54, 1.807) is 10.6 Å². The van der Waals surface area contributed by atoms with E-state index in [0.717, 1.165) is 24.1 Å². The van der Waals surface area contributed by atoms with Gasteiger partial charge >= 0.3 is 0 Å². The molecule has 1 aromatic heterocycles. The molecule has 6 heteroatoms. The third-order valence-electron chi connectivity index (χ3n) is 4.98. The number of thioether (sulfide) groups is 1. The summed E-state index contributed by atoms with van der Waals surface area (Å²) in [5.74, 6) is 0.468. The first-order valence-electron chi connectivity index (χ1n) is 10.1. The summed E-state index contributed by atoms with van der Waals surface area (Å²) >= 11 is 1.30. The lowest BCUT2D eigenvalue weighted by molar-refractivity contribution is -0.113. The number of para-hydroxylation sites is 2. The molecule has 0 aliphatic rings. The van der Waals surface area contributed by atoms with Gasteiger partial charge in [0, 0.05) is 12.2 Å². The Hall–Kier alpha value is -2.60. The van der Waals surface area contributed by atoms with Crippen molar-refractivity contribution in [1.29, 1.82) is 0 Å². The summed E-state index contributed by atoms with van der Waals surface area (Å²) in [7, 11) is 0. The van der Waals surface area contributed by atoms with Gasteiger partial charge in [0.15, 0.2) is 5.16 Å². The van der Waals surface area contributed by atoms with Crippen LogP contribution in [0.1, 0.15) is 45.1 Å². The maximum Gasteiger partial charge on any atom is 0.262 e. The molecule has 5 nitrogen and oxygen atoms in total. The summed E-state index contributed by atoms with van der Waals surface area (Å²) in [4.78, 5) is 30.1. The molecule has 0 aliphatic carbocycles. The number of benzene rings is 2. The first-order chi connectivity index (χ1) is 14.0. The van der Waals surface area contributed by atoms with Gasteiger partial charge in [0.1, 0.15) is 0 Å². The van der Waals surface area contributed by atoms with Crippen LogP contribution in [0.5, 0.6) is 0 Å². The maximum absolute atomic E-state index is 12.8. The lowest BCUT2D eigenvalue weighted by atomic mass is 9.97. The molecule has 152 valence electrons. The van der Waals surface area contributed by atoms with E-state index >= 15 is 0 Å². The molecule has 0 saturated carbocycles. The zero-order chi connectivity index (χ0) is 20.8. The van der Waals surface area contributed by atoms with E-state index in [9.17, 15) is 9.59 Å². The molecule has 0 spiro atoms. The van der Waals surface area contributed by atoms with Gasteiger partial charge in [0.25, 0.3) is 5.56 Å². The first-order valence-corrected chi connectivity index (χ1v) is 11.0. The van der Waals surface area contributed by atoms with Crippen LogP contribution in [0.25, 0.3) is 10.9 Å². The number of carbonyl (C=O) groups excluding carboxylic acids is 1. The standard InChI is InChI=1S/C23H27N3O2S/c1-4-14-26-22(28)18-11-7-9-13-20(18)25-23(26)29-15-21(27)24-19-12-8-6-10-17(19)16(3)5-2/h6-13,16H,4-5,14-15H2,1-3H3,(H,24,27)/t16-/m0/s1. The quantitative estimate of drug-likeness (QED) is 0.418. The average molecular weight is 410 g/mol. The Bertz CT molecular complexity index is 1060. The molecule has 1 N–H and O–H groups in total. The van der Waals surface area contributed by atoms with Crippen LogP contribution in [0.2, 0.25) is 0 Å². The first kappa shape index (κ1) is 21.1. The molecular formula is C23H27N3O2S. The Kier molecular flexibility index (Phi) is 7.09. The Morgan fingerprint density at radius 1 is 1.14 bits per heavy atom. The minimum absolute atomic E-state index is 0.0533. The summed E-state index contributed by atoms with van der Waals surface area (Å²) in [5.41, 5.74) is 2.60. The van der Waals surface area contributed by atoms with E-state index in [-0.39, 0.29) is 17.2 Å². The number of fused-ring (bicyclic) bond motifs is 1. The fourth-order valence-electron chi connectivity index (χ4n) is 3.26. The molecule has 3 aromatic rings. The van der Waals surface area contributed by atoms with E-state index in [1.165, 1.54) is 11.8 Å². The summed E-state index contributed by atoms with van der Waals surface area (Å²) < 4.78 is 1.67. The Morgan fingerprint density at radius 2 is 1.86 bits per heavy atom. The summed E-state index contributed by atoms with van der Waals surface area (Å²) in [6.07, 6.45) is 1.83. The molecule has 0 radical (unpaired) electrons. The second-order valence-corrected chi connectivity index (χ2v) is 8.04. The van der Waals surface area contributed by atoms with E-state index in [0.29, 0.717) is 28.5 Å². The highest BCUT2D eigenvalue weighted by Gasteiger charge is 2.14. The molecule has 0 bridgehead atoms. The number of anilines is 1. The molecule has 1 amide bonds. The molecule has 0 fully saturated rings. The number of amides is 1. The highest BCUT2D eigenvalue weighted by molar-refractivity contribution is 7.99. The fraction of sp³-hybridized carbons (Fsp3) is 0.348. The van der Waals surface area contributed by atoms with Crippen LogP contribution < -0.4 is 10.9 Å². The van der Waals surface area contributed by atoms with Crippen LogP contribution in [0, 0.1) is 0 Å². The monoisotopic (exact) mass is 409 g/mol. The van der Waals surface area contributed by atoms with Crippen LogP contribution >= 0.6 is 11.8 Å². The minimum atomic E-state index is -0.101. The zero-order valence-electron chi connectivity index (χ0n) is 17.1. The highest BCUT2D eigenvalue weighted by Crippen LogP contribution is 2.27. The number of nitrogens with zero attached hydrogens (tertiary/aromatic N) is 2. The molecule has 2 aromatic carbocycles. The van der Waals surface area contributed by atoms with Gasteiger partial charge < -0.3 is 5.32 Å². The minimum Gasteiger partial charge on any atom is -0.325 e. The van der Waals surface area contributed by atoms with Crippen molar-refractivity contribution in [1.82, 2.24) is 9.55 Å². The topological polar surface area (TPSA) is 64.0 Å². The number of aromatic nitrogens is 2. The van der Waals surface area contributed by atoms with Gasteiger partial charge in [-0.2, -0.15) is 0 Å². The summed E-state index contributed by atoms with van der Waals surface area (Å²) in [6.45, 7) is 6.89. The van der Waals surface area contributed by atoms with E-state index in [2.05, 4.69) is 30.2 Å². The molecule has 3 rings (SSSR count). The second kappa shape index (κ2) is 9.74. The van der Waals surface area contributed by atoms with Gasteiger partial charge in [-0.3, -0.25) is 14.2 Å². The van der Waals surface area contributed by atoms with Gasteiger partial charge in [-0.1, -0.05) is 62.9 Å². The van der Waals surface area contributed by atoms with Crippen molar-refractivity contribution in [2.24, 2.45) is 0 Å². The van der Waals surface area contributed by atoms with Crippen molar-refractivity contribution in [2.45, 2.75) is 51.2 Å². The Morgan fingerprint density at radius 3 is 2.62 bits per heavy atom. The molecule has 0 unspecified atom stereocenters. The predicted octanol–water partition coefficient (Wildman–Crippen LogP) is 5.05. The normalized spacial score (nSPS) is 12.1. The molecule has 1 heterocycles. The van der Waals surface area contributed by atoms with Gasteiger partial charge in [-0.15, -0.1) is 0 Å². The number of carbonyl (C=O) groups is 1. The SMILES string of the molecule is CCCn1c(SCC(=O)Nc2ccccc2[C@@H](C)CC)nc2ccccc2c1=O. The van der Waals surface area contributed by atoms with Gasteiger partial charge in [0.05, 0.1) is 16.7 Å². The average Bonchev–Trinajstić information content (AvgIpc) is 2.74. The Labute approximate surface area is 175 Å². The van der Waals surface area contributed by atoms with Crippen LogP contribution in [0.15, 0.2) is 58.5 Å². The lowest BCUT2D eigenvalue weighted by Gasteiger charge is -2.16. The molecular weight excluding hydrogens is 382 g/mol. The number of nitrogens with one attached hydrogen (secondary N) is 1. The maximum atomic E-state index is 12.8. The molecule has 0 aliphatic heterocycles. The second-order valence-electron chi connectivity index (χ2n) is 7.10. The molecule has 0 saturated heterocycles.